The number of carboxylic acid groups (broad SMARTS) is 1. The van der Waals surface area contributed by atoms with Gasteiger partial charge >= 0.3 is 5.97 Å². The standard InChI is InChI=1S/C16H24N2O3/c1-15(2,16(3,4)17)14(21)18-12(13(19)20)10-11-8-6-5-7-9-11/h5-9,12H,10,17H2,1-4H3,(H,18,21)(H,19,20)/t12-/m0/s1. The largest absolute Gasteiger partial charge is 0.480 e. The summed E-state index contributed by atoms with van der Waals surface area (Å²) >= 11 is 0. The van der Waals surface area contributed by atoms with E-state index in [1.165, 1.54) is 0 Å². The Morgan fingerprint density at radius 1 is 1.19 bits per heavy atom. The molecule has 0 heterocycles. The van der Waals surface area contributed by atoms with Gasteiger partial charge in [0.2, 0.25) is 5.91 Å². The molecule has 0 aliphatic carbocycles. The molecule has 116 valence electrons. The molecule has 0 aliphatic heterocycles. The predicted molar refractivity (Wildman–Crippen MR) is 81.8 cm³/mol. The summed E-state index contributed by atoms with van der Waals surface area (Å²) in [6, 6.07) is 8.23. The Hall–Kier alpha value is -1.88. The Balaban J connectivity index is 2.85. The van der Waals surface area contributed by atoms with E-state index < -0.39 is 23.0 Å². The molecular formula is C16H24N2O3. The number of nitrogens with two attached hydrogens (primary N) is 1. The first kappa shape index (κ1) is 17.2. The number of rotatable bonds is 6. The normalized spacial score (nSPS) is 13.6. The van der Waals surface area contributed by atoms with Gasteiger partial charge in [-0.3, -0.25) is 4.79 Å². The van der Waals surface area contributed by atoms with E-state index in [1.807, 2.05) is 30.3 Å². The third-order valence-electron chi connectivity index (χ3n) is 4.06. The van der Waals surface area contributed by atoms with Gasteiger partial charge in [-0.2, -0.15) is 0 Å². The molecule has 1 atom stereocenters. The molecule has 0 saturated heterocycles. The molecule has 1 aromatic rings. The van der Waals surface area contributed by atoms with E-state index in [2.05, 4.69) is 5.32 Å². The number of carbonyl (C=O) groups excluding carboxylic acids is 1. The van der Waals surface area contributed by atoms with Crippen LogP contribution in [0.2, 0.25) is 0 Å². The fourth-order valence-corrected chi connectivity index (χ4v) is 1.68. The lowest BCUT2D eigenvalue weighted by atomic mass is 9.74. The van der Waals surface area contributed by atoms with Gasteiger partial charge in [-0.1, -0.05) is 30.3 Å². The number of benzene rings is 1. The first-order chi connectivity index (χ1) is 9.55. The third-order valence-corrected chi connectivity index (χ3v) is 4.06. The lowest BCUT2D eigenvalue weighted by molar-refractivity contribution is -0.144. The molecule has 0 saturated carbocycles. The zero-order valence-corrected chi connectivity index (χ0v) is 13.0. The number of hydrogen-bond donors (Lipinski definition) is 3. The minimum absolute atomic E-state index is 0.239. The first-order valence-corrected chi connectivity index (χ1v) is 6.92. The van der Waals surface area contributed by atoms with Crippen molar-refractivity contribution in [3.63, 3.8) is 0 Å². The Bertz CT molecular complexity index is 504. The SMILES string of the molecule is CC(C)(N)C(C)(C)C(=O)N[C@@H](Cc1ccccc1)C(=O)O. The van der Waals surface area contributed by atoms with Crippen LogP contribution >= 0.6 is 0 Å². The summed E-state index contributed by atoms with van der Waals surface area (Å²) in [5.74, 6) is -1.42. The summed E-state index contributed by atoms with van der Waals surface area (Å²) in [5, 5.41) is 11.9. The lowest BCUT2D eigenvalue weighted by Crippen LogP contribution is -2.58. The zero-order valence-electron chi connectivity index (χ0n) is 13.0. The van der Waals surface area contributed by atoms with Gasteiger partial charge in [0, 0.05) is 12.0 Å². The highest BCUT2D eigenvalue weighted by Crippen LogP contribution is 2.28. The number of aliphatic carboxylic acids is 1. The fraction of sp³-hybridized carbons (Fsp3) is 0.500. The van der Waals surface area contributed by atoms with Crippen molar-refractivity contribution in [1.29, 1.82) is 0 Å². The number of carboxylic acids is 1. The van der Waals surface area contributed by atoms with Gasteiger partial charge in [-0.25, -0.2) is 4.79 Å². The highest BCUT2D eigenvalue weighted by Gasteiger charge is 2.41. The molecule has 1 aromatic carbocycles. The summed E-state index contributed by atoms with van der Waals surface area (Å²) in [6.07, 6.45) is 0.239. The van der Waals surface area contributed by atoms with Crippen molar-refractivity contribution in [2.24, 2.45) is 11.1 Å². The molecule has 0 radical (unpaired) electrons. The van der Waals surface area contributed by atoms with Crippen molar-refractivity contribution < 1.29 is 14.7 Å². The minimum atomic E-state index is -1.06. The van der Waals surface area contributed by atoms with Crippen LogP contribution in [-0.4, -0.2) is 28.6 Å². The van der Waals surface area contributed by atoms with Gasteiger partial charge in [-0.05, 0) is 33.3 Å². The molecule has 0 spiro atoms. The molecule has 1 rings (SSSR count). The van der Waals surface area contributed by atoms with E-state index >= 15 is 0 Å². The van der Waals surface area contributed by atoms with Crippen LogP contribution in [-0.2, 0) is 16.0 Å². The lowest BCUT2D eigenvalue weighted by Gasteiger charge is -2.37. The predicted octanol–water partition coefficient (Wildman–Crippen LogP) is 1.56. The molecule has 0 aliphatic rings. The van der Waals surface area contributed by atoms with Crippen molar-refractivity contribution in [1.82, 2.24) is 5.32 Å². The second-order valence-electron chi connectivity index (χ2n) is 6.40. The molecule has 21 heavy (non-hydrogen) atoms. The highest BCUT2D eigenvalue weighted by atomic mass is 16.4. The smallest absolute Gasteiger partial charge is 0.326 e. The quantitative estimate of drug-likeness (QED) is 0.742. The second kappa shape index (κ2) is 6.26. The van der Waals surface area contributed by atoms with Gasteiger partial charge < -0.3 is 16.2 Å². The monoisotopic (exact) mass is 292 g/mol. The third kappa shape index (κ3) is 4.29. The molecule has 1 amide bonds. The number of carbonyl (C=O) groups is 2. The summed E-state index contributed by atoms with van der Waals surface area (Å²) in [6.45, 7) is 6.92. The fourth-order valence-electron chi connectivity index (χ4n) is 1.68. The summed E-state index contributed by atoms with van der Waals surface area (Å²) < 4.78 is 0. The van der Waals surface area contributed by atoms with Crippen molar-refractivity contribution in [3.8, 4) is 0 Å². The van der Waals surface area contributed by atoms with E-state index in [9.17, 15) is 14.7 Å². The maximum absolute atomic E-state index is 12.4. The van der Waals surface area contributed by atoms with Gasteiger partial charge in [-0.15, -0.1) is 0 Å². The molecule has 0 aromatic heterocycles. The van der Waals surface area contributed by atoms with Crippen LogP contribution in [0.1, 0.15) is 33.3 Å². The van der Waals surface area contributed by atoms with Gasteiger partial charge in [0.15, 0.2) is 0 Å². The van der Waals surface area contributed by atoms with Crippen molar-refractivity contribution in [2.75, 3.05) is 0 Å². The van der Waals surface area contributed by atoms with E-state index in [4.69, 9.17) is 5.73 Å². The van der Waals surface area contributed by atoms with Crippen LogP contribution < -0.4 is 11.1 Å². The maximum Gasteiger partial charge on any atom is 0.326 e. The Morgan fingerprint density at radius 3 is 2.14 bits per heavy atom. The molecule has 4 N–H and O–H groups in total. The van der Waals surface area contributed by atoms with Crippen molar-refractivity contribution >= 4 is 11.9 Å². The molecule has 0 fully saturated rings. The van der Waals surface area contributed by atoms with Gasteiger partial charge in [0.1, 0.15) is 6.04 Å². The Labute approximate surface area is 125 Å². The molecule has 5 nitrogen and oxygen atoms in total. The second-order valence-corrected chi connectivity index (χ2v) is 6.40. The van der Waals surface area contributed by atoms with E-state index in [-0.39, 0.29) is 12.3 Å². The van der Waals surface area contributed by atoms with Crippen LogP contribution in [0.5, 0.6) is 0 Å². The zero-order chi connectivity index (χ0) is 16.3. The summed E-state index contributed by atoms with van der Waals surface area (Å²) in [5.41, 5.74) is 5.23. The van der Waals surface area contributed by atoms with Crippen molar-refractivity contribution in [2.45, 2.75) is 45.7 Å². The summed E-state index contributed by atoms with van der Waals surface area (Å²) in [7, 11) is 0. The molecule has 0 unspecified atom stereocenters. The average Bonchev–Trinajstić information content (AvgIpc) is 2.37. The number of hydrogen-bond acceptors (Lipinski definition) is 3. The van der Waals surface area contributed by atoms with Crippen LogP contribution in [0, 0.1) is 5.41 Å². The molecule has 5 heteroatoms. The van der Waals surface area contributed by atoms with Crippen molar-refractivity contribution in [3.05, 3.63) is 35.9 Å². The minimum Gasteiger partial charge on any atom is -0.480 e. The van der Waals surface area contributed by atoms with Crippen LogP contribution in [0.15, 0.2) is 30.3 Å². The Kier molecular flexibility index (Phi) is 5.12. The Morgan fingerprint density at radius 2 is 1.71 bits per heavy atom. The maximum atomic E-state index is 12.4. The first-order valence-electron chi connectivity index (χ1n) is 6.92. The van der Waals surface area contributed by atoms with Gasteiger partial charge in [0.05, 0.1) is 5.41 Å². The number of nitrogens with one attached hydrogen (secondary N) is 1. The molecule has 0 bridgehead atoms. The van der Waals surface area contributed by atoms with E-state index in [0.29, 0.717) is 0 Å². The van der Waals surface area contributed by atoms with E-state index in [0.717, 1.165) is 5.56 Å². The average molecular weight is 292 g/mol. The summed E-state index contributed by atoms with van der Waals surface area (Å²) in [4.78, 5) is 23.7. The van der Waals surface area contributed by atoms with Gasteiger partial charge in [0.25, 0.3) is 0 Å². The topological polar surface area (TPSA) is 92.4 Å². The van der Waals surface area contributed by atoms with E-state index in [1.54, 1.807) is 27.7 Å². The van der Waals surface area contributed by atoms with Crippen LogP contribution in [0.25, 0.3) is 0 Å². The highest BCUT2D eigenvalue weighted by molar-refractivity contribution is 5.88. The number of amides is 1. The molecular weight excluding hydrogens is 268 g/mol. The van der Waals surface area contributed by atoms with Crippen LogP contribution in [0.3, 0.4) is 0 Å². The van der Waals surface area contributed by atoms with Crippen LogP contribution in [0.4, 0.5) is 0 Å².